The molecule has 3 atom stereocenters. The van der Waals surface area contributed by atoms with Crippen LogP contribution >= 0.6 is 0 Å². The number of anilines is 1. The van der Waals surface area contributed by atoms with Gasteiger partial charge in [0.1, 0.15) is 12.1 Å². The largest absolute Gasteiger partial charge is 0.493 e. The highest BCUT2D eigenvalue weighted by Gasteiger charge is 2.48. The van der Waals surface area contributed by atoms with E-state index >= 15 is 0 Å². The Morgan fingerprint density at radius 1 is 1.18 bits per heavy atom. The lowest BCUT2D eigenvalue weighted by molar-refractivity contribution is -0.143. The molecule has 0 unspecified atom stereocenters. The molecule has 45 heavy (non-hydrogen) atoms. The summed E-state index contributed by atoms with van der Waals surface area (Å²) < 4.78 is 36.5. The Morgan fingerprint density at radius 3 is 2.60 bits per heavy atom. The molecule has 2 aromatic carbocycles. The van der Waals surface area contributed by atoms with Crippen LogP contribution < -0.4 is 19.1 Å². The molecule has 2 aliphatic heterocycles. The van der Waals surface area contributed by atoms with Crippen molar-refractivity contribution in [2.45, 2.75) is 77.3 Å². The van der Waals surface area contributed by atoms with Crippen molar-refractivity contribution in [2.75, 3.05) is 31.9 Å². The van der Waals surface area contributed by atoms with Crippen molar-refractivity contribution in [3.05, 3.63) is 65.6 Å². The minimum absolute atomic E-state index is 0.00142. The van der Waals surface area contributed by atoms with Gasteiger partial charge in [-0.05, 0) is 67.6 Å². The number of hydrogen-bond acceptors (Lipinski definition) is 8. The number of amides is 1. The van der Waals surface area contributed by atoms with Gasteiger partial charge in [-0.15, -0.1) is 0 Å². The second kappa shape index (κ2) is 14.3. The smallest absolute Gasteiger partial charge is 0.308 e. The Balaban J connectivity index is 1.51. The average Bonchev–Trinajstić information content (AvgIpc) is 3.78. The Bertz CT molecular complexity index is 1470. The van der Waals surface area contributed by atoms with Gasteiger partial charge in [0.15, 0.2) is 17.4 Å². The Hall–Kier alpha value is -4.12. The number of hydrogen-bond donors (Lipinski definition) is 1. The van der Waals surface area contributed by atoms with Gasteiger partial charge in [-0.3, -0.25) is 14.5 Å². The van der Waals surface area contributed by atoms with E-state index in [9.17, 15) is 19.1 Å². The molecule has 0 aliphatic carbocycles. The summed E-state index contributed by atoms with van der Waals surface area (Å²) in [4.78, 5) is 35.4. The van der Waals surface area contributed by atoms with Crippen LogP contribution in [0, 0.1) is 18.7 Å². The number of carbonyl (C=O) groups excluding carboxylic acids is 1. The molecule has 1 fully saturated rings. The van der Waals surface area contributed by atoms with Crippen LogP contribution in [0.4, 0.5) is 10.1 Å². The zero-order valence-corrected chi connectivity index (χ0v) is 26.3. The van der Waals surface area contributed by atoms with E-state index in [0.29, 0.717) is 53.8 Å². The summed E-state index contributed by atoms with van der Waals surface area (Å²) in [6, 6.07) is 7.83. The van der Waals surface area contributed by atoms with Crippen LogP contribution in [-0.4, -0.2) is 65.9 Å². The van der Waals surface area contributed by atoms with Crippen LogP contribution in [0.25, 0.3) is 0 Å². The summed E-state index contributed by atoms with van der Waals surface area (Å²) in [6.07, 6.45) is 7.24. The van der Waals surface area contributed by atoms with Gasteiger partial charge in [0, 0.05) is 36.7 Å². The topological polar surface area (TPSA) is 115 Å². The lowest BCUT2D eigenvalue weighted by Gasteiger charge is -2.35. The molecule has 0 saturated carbocycles. The number of carboxylic acids is 1. The molecule has 3 heterocycles. The number of likely N-dealkylation sites (tertiary alicyclic amines) is 1. The van der Waals surface area contributed by atoms with Crippen molar-refractivity contribution in [3.63, 3.8) is 0 Å². The molecule has 1 amide bonds. The standard InChI is InChI=1S/C34H42FN3O7/c1-5-7-23(8-6-2)38(24-9-10-26(35)21(3)15-24)31(39)19-37-18-25(22-16-28(42-4)33-29(17-22)44-20-45-33)32(34(40)41)27(37)11-12-30-36-13-14-43-30/h9-10,13-17,23,25,27,32H,5-8,11-12,18-20H2,1-4H3,(H,40,41)/t25-,27+,32-/m1/s1. The molecule has 1 N–H and O–H groups in total. The number of nitrogens with zero attached hydrogens (tertiary/aromatic N) is 3. The first-order chi connectivity index (χ1) is 21.7. The molecule has 3 aromatic rings. The van der Waals surface area contributed by atoms with E-state index in [4.69, 9.17) is 18.6 Å². The number of aromatic nitrogens is 1. The first-order valence-corrected chi connectivity index (χ1v) is 15.7. The van der Waals surface area contributed by atoms with E-state index in [0.717, 1.165) is 31.2 Å². The second-order valence-electron chi connectivity index (χ2n) is 11.8. The predicted octanol–water partition coefficient (Wildman–Crippen LogP) is 5.96. The number of carbonyl (C=O) groups is 2. The molecular weight excluding hydrogens is 581 g/mol. The maximum absolute atomic E-state index is 14.4. The van der Waals surface area contributed by atoms with Crippen LogP contribution in [0.15, 0.2) is 47.2 Å². The molecule has 0 radical (unpaired) electrons. The van der Waals surface area contributed by atoms with E-state index in [-0.39, 0.29) is 31.1 Å². The van der Waals surface area contributed by atoms with Gasteiger partial charge >= 0.3 is 5.97 Å². The van der Waals surface area contributed by atoms with E-state index in [2.05, 4.69) is 18.8 Å². The van der Waals surface area contributed by atoms with Crippen LogP contribution in [-0.2, 0) is 16.0 Å². The zero-order valence-electron chi connectivity index (χ0n) is 26.3. The number of rotatable bonds is 14. The van der Waals surface area contributed by atoms with Crippen molar-refractivity contribution in [1.82, 2.24) is 9.88 Å². The number of oxazole rings is 1. The summed E-state index contributed by atoms with van der Waals surface area (Å²) in [7, 11) is 1.53. The van der Waals surface area contributed by atoms with Crippen LogP contribution in [0.5, 0.6) is 17.2 Å². The van der Waals surface area contributed by atoms with E-state index in [1.165, 1.54) is 19.4 Å². The summed E-state index contributed by atoms with van der Waals surface area (Å²) in [6.45, 7) is 6.24. The first kappa shape index (κ1) is 32.3. The van der Waals surface area contributed by atoms with Gasteiger partial charge in [0.25, 0.3) is 0 Å². The number of halogens is 1. The summed E-state index contributed by atoms with van der Waals surface area (Å²) in [5.41, 5.74) is 1.85. The number of aliphatic carboxylic acids is 1. The average molecular weight is 624 g/mol. The summed E-state index contributed by atoms with van der Waals surface area (Å²) in [5.74, 6) is -0.764. The molecular formula is C34H42FN3O7. The van der Waals surface area contributed by atoms with Gasteiger partial charge in [-0.2, -0.15) is 0 Å². The van der Waals surface area contributed by atoms with Gasteiger partial charge < -0.3 is 28.6 Å². The van der Waals surface area contributed by atoms with Crippen LogP contribution in [0.1, 0.15) is 68.9 Å². The summed E-state index contributed by atoms with van der Waals surface area (Å²) in [5, 5.41) is 10.6. The highest BCUT2D eigenvalue weighted by Crippen LogP contribution is 2.47. The van der Waals surface area contributed by atoms with Gasteiger partial charge in [-0.25, -0.2) is 9.37 Å². The first-order valence-electron chi connectivity index (χ1n) is 15.7. The molecule has 10 nitrogen and oxygen atoms in total. The number of aryl methyl sites for hydroxylation is 2. The van der Waals surface area contributed by atoms with Crippen molar-refractivity contribution >= 4 is 17.6 Å². The molecule has 242 valence electrons. The number of fused-ring (bicyclic) bond motifs is 1. The summed E-state index contributed by atoms with van der Waals surface area (Å²) >= 11 is 0. The number of benzene rings is 2. The zero-order chi connectivity index (χ0) is 32.1. The van der Waals surface area contributed by atoms with Crippen molar-refractivity contribution in [1.29, 1.82) is 0 Å². The number of methoxy groups -OCH3 is 1. The Kier molecular flexibility index (Phi) is 10.3. The predicted molar refractivity (Wildman–Crippen MR) is 165 cm³/mol. The number of ether oxygens (including phenoxy) is 3. The lowest BCUT2D eigenvalue weighted by Crippen LogP contribution is -2.48. The Labute approximate surface area is 263 Å². The maximum atomic E-state index is 14.4. The van der Waals surface area contributed by atoms with Gasteiger partial charge in [0.2, 0.25) is 18.4 Å². The van der Waals surface area contributed by atoms with E-state index < -0.39 is 23.8 Å². The fourth-order valence-electron chi connectivity index (χ4n) is 6.86. The lowest BCUT2D eigenvalue weighted by atomic mass is 9.83. The molecule has 1 saturated heterocycles. The fourth-order valence-corrected chi connectivity index (χ4v) is 6.86. The molecule has 11 heteroatoms. The third-order valence-electron chi connectivity index (χ3n) is 8.92. The highest BCUT2D eigenvalue weighted by molar-refractivity contribution is 5.95. The van der Waals surface area contributed by atoms with Crippen molar-refractivity contribution < 1.29 is 37.7 Å². The molecule has 5 rings (SSSR count). The van der Waals surface area contributed by atoms with E-state index in [1.54, 1.807) is 36.2 Å². The molecule has 2 aliphatic rings. The Morgan fingerprint density at radius 2 is 1.96 bits per heavy atom. The molecule has 0 bridgehead atoms. The third kappa shape index (κ3) is 6.93. The molecule has 0 spiro atoms. The number of carboxylic acid groups (broad SMARTS) is 1. The van der Waals surface area contributed by atoms with Crippen molar-refractivity contribution in [3.8, 4) is 17.2 Å². The second-order valence-corrected chi connectivity index (χ2v) is 11.8. The minimum Gasteiger partial charge on any atom is -0.493 e. The SMILES string of the molecule is CCCC(CCC)N(C(=O)CN1C[C@H](c2cc(OC)c3c(c2)OCO3)[C@@H](C(=O)O)[C@@H]1CCc1ncco1)c1ccc(F)c(C)c1. The molecule has 1 aromatic heterocycles. The highest BCUT2D eigenvalue weighted by atomic mass is 19.1. The fraction of sp³-hybridized carbons (Fsp3) is 0.500. The maximum Gasteiger partial charge on any atom is 0.308 e. The van der Waals surface area contributed by atoms with Crippen molar-refractivity contribution in [2.24, 2.45) is 5.92 Å². The van der Waals surface area contributed by atoms with Gasteiger partial charge in [0.05, 0.1) is 25.8 Å². The quantitative estimate of drug-likeness (QED) is 0.232. The normalized spacial score (nSPS) is 19.3. The minimum atomic E-state index is -0.954. The van der Waals surface area contributed by atoms with Crippen LogP contribution in [0.3, 0.4) is 0 Å². The van der Waals surface area contributed by atoms with Gasteiger partial charge in [-0.1, -0.05) is 26.7 Å². The monoisotopic (exact) mass is 623 g/mol. The van der Waals surface area contributed by atoms with Crippen LogP contribution in [0.2, 0.25) is 0 Å². The third-order valence-corrected chi connectivity index (χ3v) is 8.92. The van der Waals surface area contributed by atoms with E-state index in [1.807, 2.05) is 11.0 Å².